The lowest BCUT2D eigenvalue weighted by molar-refractivity contribution is 0.0570. The summed E-state index contributed by atoms with van der Waals surface area (Å²) in [5.74, 6) is 1.21. The fourth-order valence-corrected chi connectivity index (χ4v) is 2.90. The molecule has 0 spiro atoms. The maximum absolute atomic E-state index is 12.7. The molecule has 150 valence electrons. The molecular weight excluding hydrogens is 364 g/mol. The molecule has 10 heteroatoms. The molecule has 1 aliphatic heterocycles. The highest BCUT2D eigenvalue weighted by atomic mass is 16.6. The highest BCUT2D eigenvalue weighted by Crippen LogP contribution is 2.16. The summed E-state index contributed by atoms with van der Waals surface area (Å²) in [6, 6.07) is 6.97. The summed E-state index contributed by atoms with van der Waals surface area (Å²) in [5.41, 5.74) is 0.579. The number of ether oxygens (including phenoxy) is 2. The van der Waals surface area contributed by atoms with E-state index >= 15 is 0 Å². The number of carbonyl (C=O) groups is 2. The molecule has 0 unspecified atom stereocenters. The van der Waals surface area contributed by atoms with Crippen molar-refractivity contribution in [3.05, 3.63) is 35.7 Å². The molecule has 1 saturated heterocycles. The number of amides is 2. The van der Waals surface area contributed by atoms with Crippen LogP contribution in [0.25, 0.3) is 0 Å². The number of rotatable bonds is 6. The molecule has 2 amide bonds. The van der Waals surface area contributed by atoms with Gasteiger partial charge in [0.1, 0.15) is 12.4 Å². The van der Waals surface area contributed by atoms with Crippen molar-refractivity contribution in [3.8, 4) is 5.75 Å². The van der Waals surface area contributed by atoms with Crippen LogP contribution >= 0.6 is 0 Å². The third-order valence-electron chi connectivity index (χ3n) is 4.47. The van der Waals surface area contributed by atoms with Crippen LogP contribution in [-0.4, -0.2) is 74.8 Å². The molecule has 0 atom stereocenters. The Labute approximate surface area is 163 Å². The van der Waals surface area contributed by atoms with E-state index in [0.29, 0.717) is 56.5 Å². The molecule has 0 aliphatic carbocycles. The van der Waals surface area contributed by atoms with E-state index < -0.39 is 0 Å². The number of benzene rings is 1. The molecule has 1 aromatic carbocycles. The van der Waals surface area contributed by atoms with Crippen molar-refractivity contribution in [2.75, 3.05) is 32.8 Å². The number of hydrogen-bond acceptors (Lipinski definition) is 7. The average Bonchev–Trinajstić information content (AvgIpc) is 3.20. The Kier molecular flexibility index (Phi) is 6.41. The Morgan fingerprint density at radius 2 is 1.71 bits per heavy atom. The Bertz CT molecular complexity index is 799. The molecule has 1 aromatic heterocycles. The van der Waals surface area contributed by atoms with Crippen molar-refractivity contribution in [2.24, 2.45) is 0 Å². The Hall–Kier alpha value is -3.17. The smallest absolute Gasteiger partial charge is 0.409 e. The van der Waals surface area contributed by atoms with Crippen LogP contribution in [0.15, 0.2) is 24.3 Å². The summed E-state index contributed by atoms with van der Waals surface area (Å²) >= 11 is 0. The van der Waals surface area contributed by atoms with Gasteiger partial charge >= 0.3 is 6.09 Å². The van der Waals surface area contributed by atoms with Gasteiger partial charge in [0.05, 0.1) is 6.61 Å². The Balaban J connectivity index is 1.52. The molecule has 28 heavy (non-hydrogen) atoms. The molecule has 2 aromatic rings. The fraction of sp³-hybridized carbons (Fsp3) is 0.500. The number of nitrogens with zero attached hydrogens (tertiary/aromatic N) is 6. The average molecular weight is 388 g/mol. The van der Waals surface area contributed by atoms with Gasteiger partial charge in [0.25, 0.3) is 5.91 Å². The van der Waals surface area contributed by atoms with E-state index in [-0.39, 0.29) is 18.6 Å². The lowest BCUT2D eigenvalue weighted by Crippen LogP contribution is -2.50. The first-order valence-electron chi connectivity index (χ1n) is 9.31. The van der Waals surface area contributed by atoms with Crippen molar-refractivity contribution in [1.29, 1.82) is 0 Å². The van der Waals surface area contributed by atoms with Crippen LogP contribution in [0.5, 0.6) is 5.75 Å². The molecule has 1 fully saturated rings. The second kappa shape index (κ2) is 9.16. The van der Waals surface area contributed by atoms with Gasteiger partial charge in [-0.05, 0) is 48.5 Å². The van der Waals surface area contributed by atoms with Crippen LogP contribution in [0.4, 0.5) is 4.79 Å². The number of hydrogen-bond donors (Lipinski definition) is 0. The van der Waals surface area contributed by atoms with Gasteiger partial charge in [-0.1, -0.05) is 0 Å². The lowest BCUT2D eigenvalue weighted by Gasteiger charge is -2.34. The lowest BCUT2D eigenvalue weighted by atomic mass is 10.1. The van der Waals surface area contributed by atoms with E-state index in [1.807, 2.05) is 6.92 Å². The first-order valence-corrected chi connectivity index (χ1v) is 9.31. The van der Waals surface area contributed by atoms with Crippen LogP contribution in [0.1, 0.15) is 30.0 Å². The summed E-state index contributed by atoms with van der Waals surface area (Å²) in [6.07, 6.45) is -0.329. The first-order chi connectivity index (χ1) is 13.6. The van der Waals surface area contributed by atoms with E-state index in [0.717, 1.165) is 0 Å². The molecular formula is C18H24N6O4. The molecule has 0 N–H and O–H groups in total. The highest BCUT2D eigenvalue weighted by Gasteiger charge is 2.25. The third-order valence-corrected chi connectivity index (χ3v) is 4.47. The molecule has 10 nitrogen and oxygen atoms in total. The van der Waals surface area contributed by atoms with Gasteiger partial charge in [-0.3, -0.25) is 4.79 Å². The molecule has 0 saturated carbocycles. The van der Waals surface area contributed by atoms with Gasteiger partial charge in [-0.2, -0.15) is 0 Å². The molecule has 1 aliphatic rings. The minimum absolute atomic E-state index is 0.0648. The second-order valence-corrected chi connectivity index (χ2v) is 6.20. The molecule has 2 heterocycles. The van der Waals surface area contributed by atoms with Gasteiger partial charge in [0.15, 0.2) is 5.82 Å². The summed E-state index contributed by atoms with van der Waals surface area (Å²) in [4.78, 5) is 27.8. The zero-order valence-electron chi connectivity index (χ0n) is 16.1. The van der Waals surface area contributed by atoms with Crippen molar-refractivity contribution in [3.63, 3.8) is 0 Å². The van der Waals surface area contributed by atoms with E-state index in [1.165, 1.54) is 0 Å². The molecule has 3 rings (SSSR count). The minimum Gasteiger partial charge on any atom is -0.486 e. The van der Waals surface area contributed by atoms with Gasteiger partial charge in [-0.15, -0.1) is 5.10 Å². The number of carbonyl (C=O) groups excluding carboxylic acids is 2. The summed E-state index contributed by atoms with van der Waals surface area (Å²) in [5, 5.41) is 11.4. The molecule has 0 radical (unpaired) electrons. The van der Waals surface area contributed by atoms with Gasteiger partial charge in [0, 0.05) is 38.3 Å². The van der Waals surface area contributed by atoms with Crippen LogP contribution in [0, 0.1) is 0 Å². The van der Waals surface area contributed by atoms with Crippen LogP contribution in [0.2, 0.25) is 0 Å². The van der Waals surface area contributed by atoms with Gasteiger partial charge in [-0.25, -0.2) is 9.48 Å². The number of aryl methyl sites for hydroxylation is 1. The van der Waals surface area contributed by atoms with Crippen molar-refractivity contribution in [2.45, 2.75) is 27.0 Å². The van der Waals surface area contributed by atoms with E-state index in [4.69, 9.17) is 9.47 Å². The van der Waals surface area contributed by atoms with Crippen LogP contribution < -0.4 is 4.74 Å². The van der Waals surface area contributed by atoms with Gasteiger partial charge < -0.3 is 19.3 Å². The summed E-state index contributed by atoms with van der Waals surface area (Å²) in [6.45, 7) is 6.90. The SMILES string of the molecule is CCOC(=O)N1CCN(C(=O)c2ccc(OCc3nnnn3CC)cc2)CC1. The summed E-state index contributed by atoms with van der Waals surface area (Å²) < 4.78 is 12.3. The Morgan fingerprint density at radius 1 is 1.04 bits per heavy atom. The standard InChI is InChI=1S/C18H24N6O4/c1-3-24-16(19-20-21-24)13-28-15-7-5-14(6-8-15)17(25)22-9-11-23(12-10-22)18(26)27-4-2/h5-8H,3-4,9-13H2,1-2H3. The quantitative estimate of drug-likeness (QED) is 0.732. The zero-order chi connectivity index (χ0) is 19.9. The van der Waals surface area contributed by atoms with Crippen molar-refractivity contribution < 1.29 is 19.1 Å². The largest absolute Gasteiger partial charge is 0.486 e. The van der Waals surface area contributed by atoms with E-state index in [2.05, 4.69) is 15.5 Å². The highest BCUT2D eigenvalue weighted by molar-refractivity contribution is 5.94. The zero-order valence-corrected chi connectivity index (χ0v) is 16.1. The number of tetrazole rings is 1. The first kappa shape index (κ1) is 19.6. The number of aromatic nitrogens is 4. The van der Waals surface area contributed by atoms with Crippen LogP contribution in [0.3, 0.4) is 0 Å². The maximum Gasteiger partial charge on any atom is 0.409 e. The predicted octanol–water partition coefficient (Wildman–Crippen LogP) is 1.19. The second-order valence-electron chi connectivity index (χ2n) is 6.20. The fourth-order valence-electron chi connectivity index (χ4n) is 2.90. The minimum atomic E-state index is -0.329. The normalized spacial score (nSPS) is 14.1. The van der Waals surface area contributed by atoms with Crippen LogP contribution in [-0.2, 0) is 17.9 Å². The van der Waals surface area contributed by atoms with E-state index in [1.54, 1.807) is 45.7 Å². The van der Waals surface area contributed by atoms with E-state index in [9.17, 15) is 9.59 Å². The Morgan fingerprint density at radius 3 is 2.36 bits per heavy atom. The predicted molar refractivity (Wildman–Crippen MR) is 98.8 cm³/mol. The number of piperazine rings is 1. The topological polar surface area (TPSA) is 103 Å². The summed E-state index contributed by atoms with van der Waals surface area (Å²) in [7, 11) is 0. The van der Waals surface area contributed by atoms with Crippen molar-refractivity contribution in [1.82, 2.24) is 30.0 Å². The van der Waals surface area contributed by atoms with Crippen molar-refractivity contribution >= 4 is 12.0 Å². The maximum atomic E-state index is 12.7. The monoisotopic (exact) mass is 388 g/mol. The molecule has 0 bridgehead atoms. The third kappa shape index (κ3) is 4.56. The van der Waals surface area contributed by atoms with Gasteiger partial charge in [0.2, 0.25) is 0 Å².